The van der Waals surface area contributed by atoms with Gasteiger partial charge in [0.05, 0.1) is 11.3 Å². The Kier molecular flexibility index (Phi) is 4.04. The van der Waals surface area contributed by atoms with Crippen molar-refractivity contribution >= 4 is 17.6 Å². The van der Waals surface area contributed by atoms with E-state index in [2.05, 4.69) is 15.2 Å². The van der Waals surface area contributed by atoms with Gasteiger partial charge in [-0.2, -0.15) is 0 Å². The van der Waals surface area contributed by atoms with Crippen LogP contribution in [-0.2, 0) is 0 Å². The van der Waals surface area contributed by atoms with E-state index in [-0.39, 0.29) is 22.9 Å². The molecule has 0 atom stereocenters. The second-order valence-electron chi connectivity index (χ2n) is 5.51. The smallest absolute Gasteiger partial charge is 0.257 e. The number of anilines is 1. The second-order valence-corrected chi connectivity index (χ2v) is 5.51. The fraction of sp³-hybridized carbons (Fsp3) is 0.467. The lowest BCUT2D eigenvalue weighted by Crippen LogP contribution is -2.54. The van der Waals surface area contributed by atoms with Gasteiger partial charge in [-0.15, -0.1) is 0 Å². The van der Waals surface area contributed by atoms with Crippen molar-refractivity contribution in [3.05, 3.63) is 23.8 Å². The zero-order valence-electron chi connectivity index (χ0n) is 12.5. The minimum absolute atomic E-state index is 0.131. The van der Waals surface area contributed by atoms with Crippen molar-refractivity contribution in [2.24, 2.45) is 4.99 Å². The second kappa shape index (κ2) is 6.13. The van der Waals surface area contributed by atoms with Crippen LogP contribution >= 0.6 is 0 Å². The number of nitrogen functional groups attached to an aromatic ring is 1. The molecule has 7 heteroatoms. The number of aliphatic imine (C=N–C) groups is 1. The van der Waals surface area contributed by atoms with Gasteiger partial charge in [0.1, 0.15) is 0 Å². The van der Waals surface area contributed by atoms with Crippen LogP contribution in [0.15, 0.2) is 23.2 Å². The van der Waals surface area contributed by atoms with E-state index in [1.807, 2.05) is 0 Å². The summed E-state index contributed by atoms with van der Waals surface area (Å²) in [7, 11) is 0. The third kappa shape index (κ3) is 2.79. The molecule has 2 aliphatic rings. The molecule has 0 bridgehead atoms. The lowest BCUT2D eigenvalue weighted by molar-refractivity contribution is 0.0686. The van der Waals surface area contributed by atoms with Crippen molar-refractivity contribution < 1.29 is 9.90 Å². The Morgan fingerprint density at radius 1 is 1.27 bits per heavy atom. The molecule has 0 radical (unpaired) electrons. The van der Waals surface area contributed by atoms with E-state index < -0.39 is 0 Å². The first-order chi connectivity index (χ1) is 10.7. The van der Waals surface area contributed by atoms with Gasteiger partial charge in [0.15, 0.2) is 11.7 Å². The molecular weight excluding hydrogens is 282 g/mol. The first-order valence-electron chi connectivity index (χ1n) is 7.57. The van der Waals surface area contributed by atoms with E-state index in [4.69, 9.17) is 5.73 Å². The number of aromatic hydroxyl groups is 1. The highest BCUT2D eigenvalue weighted by molar-refractivity contribution is 5.98. The summed E-state index contributed by atoms with van der Waals surface area (Å²) in [6, 6.07) is 4.86. The topological polar surface area (TPSA) is 94.2 Å². The van der Waals surface area contributed by atoms with E-state index in [1.165, 1.54) is 0 Å². The van der Waals surface area contributed by atoms with Crippen LogP contribution in [0.25, 0.3) is 0 Å². The Balaban J connectivity index is 1.64. The number of rotatable bonds is 1. The lowest BCUT2D eigenvalue weighted by atomic mass is 10.1. The van der Waals surface area contributed by atoms with Gasteiger partial charge < -0.3 is 26.0 Å². The van der Waals surface area contributed by atoms with Gasteiger partial charge in [-0.1, -0.05) is 6.07 Å². The van der Waals surface area contributed by atoms with Gasteiger partial charge in [-0.3, -0.25) is 9.79 Å². The number of piperazine rings is 1. The number of carbonyl (C=O) groups excluding carboxylic acids is 1. The molecule has 0 aliphatic carbocycles. The average molecular weight is 303 g/mol. The fourth-order valence-electron chi connectivity index (χ4n) is 2.76. The zero-order valence-corrected chi connectivity index (χ0v) is 12.5. The number of para-hydroxylation sites is 1. The van der Waals surface area contributed by atoms with Crippen LogP contribution in [0.2, 0.25) is 0 Å². The van der Waals surface area contributed by atoms with Crippen molar-refractivity contribution in [1.29, 1.82) is 0 Å². The Morgan fingerprint density at radius 3 is 2.73 bits per heavy atom. The Bertz CT molecular complexity index is 594. The molecule has 0 spiro atoms. The van der Waals surface area contributed by atoms with Crippen LogP contribution in [0, 0.1) is 0 Å². The Labute approximate surface area is 129 Å². The largest absolute Gasteiger partial charge is 0.505 e. The summed E-state index contributed by atoms with van der Waals surface area (Å²) >= 11 is 0. The number of benzene rings is 1. The number of amides is 1. The molecule has 0 aromatic heterocycles. The highest BCUT2D eigenvalue weighted by atomic mass is 16.3. The Morgan fingerprint density at radius 2 is 2.05 bits per heavy atom. The molecule has 1 amide bonds. The molecule has 7 nitrogen and oxygen atoms in total. The maximum Gasteiger partial charge on any atom is 0.257 e. The molecule has 1 saturated heterocycles. The van der Waals surface area contributed by atoms with Crippen LogP contribution in [0.3, 0.4) is 0 Å². The first kappa shape index (κ1) is 14.5. The monoisotopic (exact) mass is 303 g/mol. The summed E-state index contributed by atoms with van der Waals surface area (Å²) in [5.74, 6) is 0.626. The van der Waals surface area contributed by atoms with Crippen molar-refractivity contribution in [2.75, 3.05) is 45.0 Å². The zero-order chi connectivity index (χ0) is 15.5. The van der Waals surface area contributed by atoms with Gasteiger partial charge in [-0.05, 0) is 18.6 Å². The third-order valence-electron chi connectivity index (χ3n) is 4.04. The summed E-state index contributed by atoms with van der Waals surface area (Å²) < 4.78 is 0. The molecule has 0 unspecified atom stereocenters. The molecule has 3 rings (SSSR count). The number of nitrogens with one attached hydrogen (secondary N) is 1. The number of phenolic OH excluding ortho intramolecular Hbond substituents is 1. The minimum atomic E-state index is -0.178. The van der Waals surface area contributed by atoms with Crippen molar-refractivity contribution in [3.8, 4) is 5.75 Å². The predicted molar refractivity (Wildman–Crippen MR) is 84.9 cm³/mol. The van der Waals surface area contributed by atoms with Crippen molar-refractivity contribution in [2.45, 2.75) is 6.42 Å². The maximum atomic E-state index is 12.5. The van der Waals surface area contributed by atoms with E-state index in [0.717, 1.165) is 38.6 Å². The quantitative estimate of drug-likeness (QED) is 0.504. The van der Waals surface area contributed by atoms with Crippen LogP contribution in [0.5, 0.6) is 5.75 Å². The number of carbonyl (C=O) groups is 1. The van der Waals surface area contributed by atoms with E-state index in [1.54, 1.807) is 23.1 Å². The highest BCUT2D eigenvalue weighted by Crippen LogP contribution is 2.26. The van der Waals surface area contributed by atoms with Crippen molar-refractivity contribution in [3.63, 3.8) is 0 Å². The highest BCUT2D eigenvalue weighted by Gasteiger charge is 2.26. The van der Waals surface area contributed by atoms with Gasteiger partial charge in [0.25, 0.3) is 5.91 Å². The average Bonchev–Trinajstić information content (AvgIpc) is 2.58. The molecule has 1 aromatic carbocycles. The van der Waals surface area contributed by atoms with E-state index >= 15 is 0 Å². The molecular formula is C15H21N5O2. The standard InChI is InChI=1S/C15H21N5O2/c16-12-4-1-3-11(13(12)21)14(22)19-7-9-20(10-8-19)15-17-5-2-6-18-15/h1,3-4,21H,2,5-10,16H2,(H,17,18). The predicted octanol–water partition coefficient (Wildman–Crippen LogP) is 0.0815. The summed E-state index contributed by atoms with van der Waals surface area (Å²) in [4.78, 5) is 20.9. The summed E-state index contributed by atoms with van der Waals surface area (Å²) in [5.41, 5.74) is 6.15. The number of nitrogens with zero attached hydrogens (tertiary/aromatic N) is 3. The molecule has 0 saturated carbocycles. The van der Waals surface area contributed by atoms with Crippen molar-refractivity contribution in [1.82, 2.24) is 15.1 Å². The molecule has 118 valence electrons. The van der Waals surface area contributed by atoms with Crippen LogP contribution < -0.4 is 11.1 Å². The van der Waals surface area contributed by atoms with E-state index in [9.17, 15) is 9.90 Å². The number of phenols is 1. The lowest BCUT2D eigenvalue weighted by Gasteiger charge is -2.37. The molecule has 1 aromatic rings. The molecule has 22 heavy (non-hydrogen) atoms. The number of guanidine groups is 1. The van der Waals surface area contributed by atoms with Crippen LogP contribution in [0.4, 0.5) is 5.69 Å². The van der Waals surface area contributed by atoms with Crippen LogP contribution in [-0.4, -0.2) is 66.0 Å². The van der Waals surface area contributed by atoms with E-state index in [0.29, 0.717) is 13.1 Å². The fourth-order valence-corrected chi connectivity index (χ4v) is 2.76. The number of nitrogens with two attached hydrogens (primary N) is 1. The van der Waals surface area contributed by atoms with Gasteiger partial charge >= 0.3 is 0 Å². The van der Waals surface area contributed by atoms with Gasteiger partial charge in [0, 0.05) is 39.3 Å². The summed E-state index contributed by atoms with van der Waals surface area (Å²) in [6.45, 7) is 4.50. The molecule has 4 N–H and O–H groups in total. The third-order valence-corrected chi connectivity index (χ3v) is 4.04. The normalized spacial score (nSPS) is 18.6. The number of hydrogen-bond donors (Lipinski definition) is 3. The maximum absolute atomic E-state index is 12.5. The molecule has 2 heterocycles. The Hall–Kier alpha value is -2.44. The SMILES string of the molecule is Nc1cccc(C(=O)N2CCN(C3=NCCCN3)CC2)c1O. The molecule has 2 aliphatic heterocycles. The van der Waals surface area contributed by atoms with Gasteiger partial charge in [0.2, 0.25) is 0 Å². The van der Waals surface area contributed by atoms with Crippen LogP contribution in [0.1, 0.15) is 16.8 Å². The minimum Gasteiger partial charge on any atom is -0.505 e. The van der Waals surface area contributed by atoms with Gasteiger partial charge in [-0.25, -0.2) is 0 Å². The number of hydrogen-bond acceptors (Lipinski definition) is 6. The summed E-state index contributed by atoms with van der Waals surface area (Å²) in [6.07, 6.45) is 1.07. The summed E-state index contributed by atoms with van der Waals surface area (Å²) in [5, 5.41) is 13.2. The molecule has 1 fully saturated rings. The first-order valence-corrected chi connectivity index (χ1v) is 7.57.